The number of fused-ring (bicyclic) bond motifs is 1. The molecule has 0 spiro atoms. The van der Waals surface area contributed by atoms with E-state index in [1.54, 1.807) is 11.6 Å². The Morgan fingerprint density at radius 3 is 2.62 bits per heavy atom. The number of pyridine rings is 1. The van der Waals surface area contributed by atoms with Crippen LogP contribution in [0.1, 0.15) is 47.8 Å². The van der Waals surface area contributed by atoms with Gasteiger partial charge in [0.2, 0.25) is 11.7 Å². The maximum absolute atomic E-state index is 13.3. The standard InChI is InChI=1S/C30H31N5O4/c1-18-6-4-5-7-22(18)28-32-29(39-33-28)20-8-11-35(12-9-20)27-23-14-19(2)26(38-21-10-13-37-17-21)15-25(23)34(3)30(36)24(27)16-31/h4-7,14-15,20-21H,8-13,17H2,1-3H3. The number of rotatable bonds is 5. The minimum atomic E-state index is -0.305. The summed E-state index contributed by atoms with van der Waals surface area (Å²) in [6.07, 6.45) is 2.40. The number of hydrogen-bond donors (Lipinski definition) is 0. The lowest BCUT2D eigenvalue weighted by Crippen LogP contribution is -2.36. The van der Waals surface area contributed by atoms with Crippen molar-refractivity contribution in [3.63, 3.8) is 0 Å². The van der Waals surface area contributed by atoms with E-state index >= 15 is 0 Å². The molecule has 200 valence electrons. The Labute approximate surface area is 226 Å². The van der Waals surface area contributed by atoms with Gasteiger partial charge in [-0.1, -0.05) is 29.4 Å². The Morgan fingerprint density at radius 2 is 1.90 bits per heavy atom. The lowest BCUT2D eigenvalue weighted by molar-refractivity contribution is 0.141. The summed E-state index contributed by atoms with van der Waals surface area (Å²) in [4.78, 5) is 20.2. The highest BCUT2D eigenvalue weighted by Crippen LogP contribution is 2.37. The van der Waals surface area contributed by atoms with Crippen LogP contribution in [0.3, 0.4) is 0 Å². The van der Waals surface area contributed by atoms with Gasteiger partial charge < -0.3 is 23.5 Å². The number of nitriles is 1. The van der Waals surface area contributed by atoms with E-state index in [9.17, 15) is 10.1 Å². The summed E-state index contributed by atoms with van der Waals surface area (Å²) in [5.74, 6) is 2.09. The molecule has 2 fully saturated rings. The van der Waals surface area contributed by atoms with Crippen LogP contribution in [-0.4, -0.2) is 47.1 Å². The second-order valence-corrected chi connectivity index (χ2v) is 10.5. The molecule has 2 aliphatic rings. The van der Waals surface area contributed by atoms with Gasteiger partial charge in [0.1, 0.15) is 23.5 Å². The van der Waals surface area contributed by atoms with Crippen molar-refractivity contribution in [2.45, 2.75) is 45.1 Å². The quantitative estimate of drug-likeness (QED) is 0.371. The summed E-state index contributed by atoms with van der Waals surface area (Å²) in [6, 6.07) is 14.1. The van der Waals surface area contributed by atoms with Crippen LogP contribution in [0, 0.1) is 25.2 Å². The molecule has 1 atom stereocenters. The van der Waals surface area contributed by atoms with Gasteiger partial charge in [0, 0.05) is 49.5 Å². The van der Waals surface area contributed by atoms with Crippen LogP contribution in [-0.2, 0) is 11.8 Å². The largest absolute Gasteiger partial charge is 0.488 e. The van der Waals surface area contributed by atoms with Crippen LogP contribution in [0.4, 0.5) is 5.69 Å². The molecule has 9 heteroatoms. The molecule has 9 nitrogen and oxygen atoms in total. The zero-order valence-electron chi connectivity index (χ0n) is 22.4. The highest BCUT2D eigenvalue weighted by molar-refractivity contribution is 5.96. The Kier molecular flexibility index (Phi) is 6.57. The van der Waals surface area contributed by atoms with Crippen molar-refractivity contribution < 1.29 is 14.0 Å². The predicted molar refractivity (Wildman–Crippen MR) is 147 cm³/mol. The molecule has 2 aromatic heterocycles. The molecular weight excluding hydrogens is 494 g/mol. The predicted octanol–water partition coefficient (Wildman–Crippen LogP) is 4.63. The number of aryl methyl sites for hydroxylation is 3. The van der Waals surface area contributed by atoms with Crippen LogP contribution in [0.5, 0.6) is 5.75 Å². The molecule has 0 N–H and O–H groups in total. The van der Waals surface area contributed by atoms with Crippen molar-refractivity contribution in [3.05, 3.63) is 69.3 Å². The third-order valence-electron chi connectivity index (χ3n) is 7.95. The molecule has 2 saturated heterocycles. The Balaban J connectivity index is 1.30. The van der Waals surface area contributed by atoms with Crippen molar-refractivity contribution in [1.82, 2.24) is 14.7 Å². The number of anilines is 1. The number of benzene rings is 2. The zero-order valence-corrected chi connectivity index (χ0v) is 22.4. The summed E-state index contributed by atoms with van der Waals surface area (Å²) in [5.41, 5.74) is 4.33. The highest BCUT2D eigenvalue weighted by atomic mass is 16.5. The van der Waals surface area contributed by atoms with Crippen LogP contribution >= 0.6 is 0 Å². The fourth-order valence-electron chi connectivity index (χ4n) is 5.68. The van der Waals surface area contributed by atoms with Gasteiger partial charge in [-0.3, -0.25) is 4.79 Å². The molecule has 2 aliphatic heterocycles. The van der Waals surface area contributed by atoms with Crippen molar-refractivity contribution >= 4 is 16.6 Å². The average Bonchev–Trinajstić information content (AvgIpc) is 3.65. The summed E-state index contributed by atoms with van der Waals surface area (Å²) >= 11 is 0. The Morgan fingerprint density at radius 1 is 1.10 bits per heavy atom. The van der Waals surface area contributed by atoms with Crippen LogP contribution in [0.15, 0.2) is 45.7 Å². The van der Waals surface area contributed by atoms with E-state index in [1.165, 1.54) is 0 Å². The van der Waals surface area contributed by atoms with Crippen molar-refractivity contribution in [1.29, 1.82) is 5.26 Å². The number of piperidine rings is 1. The first-order valence-electron chi connectivity index (χ1n) is 13.4. The highest BCUT2D eigenvalue weighted by Gasteiger charge is 2.29. The molecule has 0 aliphatic carbocycles. The van der Waals surface area contributed by atoms with Gasteiger partial charge in [-0.15, -0.1) is 0 Å². The van der Waals surface area contributed by atoms with E-state index in [2.05, 4.69) is 16.1 Å². The van der Waals surface area contributed by atoms with Crippen LogP contribution in [0.2, 0.25) is 0 Å². The van der Waals surface area contributed by atoms with E-state index in [0.29, 0.717) is 43.7 Å². The fourth-order valence-corrected chi connectivity index (χ4v) is 5.68. The maximum atomic E-state index is 13.3. The first-order chi connectivity index (χ1) is 18.9. The molecule has 1 unspecified atom stereocenters. The molecule has 0 bridgehead atoms. The normalized spacial score (nSPS) is 18.0. The van der Waals surface area contributed by atoms with Crippen molar-refractivity contribution in [3.8, 4) is 23.2 Å². The Bertz CT molecular complexity index is 1640. The molecule has 2 aromatic carbocycles. The monoisotopic (exact) mass is 525 g/mol. The van der Waals surface area contributed by atoms with Crippen LogP contribution in [0.25, 0.3) is 22.3 Å². The molecule has 0 saturated carbocycles. The molecule has 0 amide bonds. The topological polar surface area (TPSA) is 106 Å². The summed E-state index contributed by atoms with van der Waals surface area (Å²) in [5, 5.41) is 15.1. The molecule has 6 rings (SSSR count). The Hall–Kier alpha value is -4.16. The number of hydrogen-bond acceptors (Lipinski definition) is 8. The molecular formula is C30H31N5O4. The van der Waals surface area contributed by atoms with E-state index in [0.717, 1.165) is 52.6 Å². The lowest BCUT2D eigenvalue weighted by Gasteiger charge is -2.33. The van der Waals surface area contributed by atoms with Gasteiger partial charge >= 0.3 is 0 Å². The van der Waals surface area contributed by atoms with Gasteiger partial charge in [0.15, 0.2) is 0 Å². The SMILES string of the molecule is Cc1cc2c(N3CCC(c4nc(-c5ccccc5C)no4)CC3)c(C#N)c(=O)n(C)c2cc1OC1CCOC1. The minimum Gasteiger partial charge on any atom is -0.488 e. The fraction of sp³-hybridized carbons (Fsp3) is 0.400. The molecule has 4 aromatic rings. The molecule has 0 radical (unpaired) electrons. The van der Waals surface area contributed by atoms with Crippen LogP contribution < -0.4 is 15.2 Å². The summed E-state index contributed by atoms with van der Waals surface area (Å²) < 4.78 is 18.9. The third-order valence-corrected chi connectivity index (χ3v) is 7.95. The van der Waals surface area contributed by atoms with E-state index < -0.39 is 0 Å². The van der Waals surface area contributed by atoms with Gasteiger partial charge in [-0.05, 0) is 43.9 Å². The van der Waals surface area contributed by atoms with E-state index in [4.69, 9.17) is 19.0 Å². The third kappa shape index (κ3) is 4.55. The summed E-state index contributed by atoms with van der Waals surface area (Å²) in [6.45, 7) is 6.62. The number of ether oxygens (including phenoxy) is 2. The zero-order chi connectivity index (χ0) is 27.1. The minimum absolute atomic E-state index is 0.00563. The molecule has 39 heavy (non-hydrogen) atoms. The first kappa shape index (κ1) is 25.1. The molecule has 4 heterocycles. The van der Waals surface area contributed by atoms with E-state index in [1.807, 2.05) is 50.2 Å². The number of nitrogens with zero attached hydrogens (tertiary/aromatic N) is 5. The van der Waals surface area contributed by atoms with Gasteiger partial charge in [-0.25, -0.2) is 0 Å². The van der Waals surface area contributed by atoms with Gasteiger partial charge in [-0.2, -0.15) is 10.2 Å². The second kappa shape index (κ2) is 10.2. The van der Waals surface area contributed by atoms with Gasteiger partial charge in [0.25, 0.3) is 5.56 Å². The lowest BCUT2D eigenvalue weighted by atomic mass is 9.95. The van der Waals surface area contributed by atoms with Gasteiger partial charge in [0.05, 0.1) is 24.4 Å². The first-order valence-corrected chi connectivity index (χ1v) is 13.4. The average molecular weight is 526 g/mol. The number of aromatic nitrogens is 3. The maximum Gasteiger partial charge on any atom is 0.270 e. The smallest absolute Gasteiger partial charge is 0.270 e. The van der Waals surface area contributed by atoms with E-state index in [-0.39, 0.29) is 23.1 Å². The van der Waals surface area contributed by atoms with Crippen molar-refractivity contribution in [2.75, 3.05) is 31.2 Å². The second-order valence-electron chi connectivity index (χ2n) is 10.5. The summed E-state index contributed by atoms with van der Waals surface area (Å²) in [7, 11) is 1.71. The van der Waals surface area contributed by atoms with Crippen molar-refractivity contribution in [2.24, 2.45) is 7.05 Å².